The summed E-state index contributed by atoms with van der Waals surface area (Å²) in [6.45, 7) is 0. The van der Waals surface area contributed by atoms with E-state index in [-0.39, 0.29) is 5.92 Å². The zero-order chi connectivity index (χ0) is 9.52. The third kappa shape index (κ3) is 4.11. The molecule has 0 radical (unpaired) electrons. The molecule has 1 aliphatic carbocycles. The molecule has 1 N–H and O–H groups in total. The van der Waals surface area contributed by atoms with Crippen molar-refractivity contribution in [3.8, 4) is 0 Å². The fourth-order valence-electron chi connectivity index (χ4n) is 1.75. The predicted molar refractivity (Wildman–Crippen MR) is 52.6 cm³/mol. The van der Waals surface area contributed by atoms with Gasteiger partial charge in [-0.25, -0.2) is 0 Å². The minimum Gasteiger partial charge on any atom is -0.481 e. The van der Waals surface area contributed by atoms with Crippen LogP contribution >= 0.6 is 0 Å². The van der Waals surface area contributed by atoms with Gasteiger partial charge in [0.25, 0.3) is 0 Å². The Bertz CT molecular complexity index is 185. The van der Waals surface area contributed by atoms with Crippen LogP contribution in [0.3, 0.4) is 0 Å². The maximum atomic E-state index is 10.8. The van der Waals surface area contributed by atoms with Crippen molar-refractivity contribution in [3.05, 3.63) is 12.2 Å². The molecule has 2 heteroatoms. The Morgan fingerprint density at radius 2 is 1.85 bits per heavy atom. The van der Waals surface area contributed by atoms with Crippen molar-refractivity contribution in [1.82, 2.24) is 0 Å². The number of carbonyl (C=O) groups is 1. The molecular formula is C11H18O2. The van der Waals surface area contributed by atoms with E-state index in [2.05, 4.69) is 12.2 Å². The molecule has 13 heavy (non-hydrogen) atoms. The quantitative estimate of drug-likeness (QED) is 0.633. The van der Waals surface area contributed by atoms with Crippen LogP contribution < -0.4 is 0 Å². The molecule has 0 saturated heterocycles. The third-order valence-corrected chi connectivity index (χ3v) is 2.62. The fraction of sp³-hybridized carbons (Fsp3) is 0.727. The highest BCUT2D eigenvalue weighted by Gasteiger charge is 2.15. The van der Waals surface area contributed by atoms with Gasteiger partial charge < -0.3 is 5.11 Å². The molecule has 0 aromatic rings. The number of carboxylic acids is 1. The monoisotopic (exact) mass is 182 g/mol. The number of carboxylic acid groups (broad SMARTS) is 1. The van der Waals surface area contributed by atoms with Crippen molar-refractivity contribution >= 4 is 5.97 Å². The molecule has 0 aromatic carbocycles. The molecule has 74 valence electrons. The van der Waals surface area contributed by atoms with Gasteiger partial charge in [-0.15, -0.1) is 0 Å². The first-order valence-corrected chi connectivity index (χ1v) is 5.18. The maximum Gasteiger partial charge on any atom is 0.306 e. The van der Waals surface area contributed by atoms with Crippen LogP contribution in [0, 0.1) is 5.92 Å². The molecule has 1 rings (SSSR count). The maximum absolute atomic E-state index is 10.8. The van der Waals surface area contributed by atoms with Crippen LogP contribution in [0.25, 0.3) is 0 Å². The van der Waals surface area contributed by atoms with Gasteiger partial charge in [-0.2, -0.15) is 0 Å². The first-order chi connectivity index (χ1) is 6.30. The minimum atomic E-state index is -0.617. The Hall–Kier alpha value is -0.790. The first kappa shape index (κ1) is 10.3. The Kier molecular flexibility index (Phi) is 4.58. The van der Waals surface area contributed by atoms with Crippen LogP contribution in [0.4, 0.5) is 0 Å². The van der Waals surface area contributed by atoms with Crippen LogP contribution in [0.1, 0.15) is 44.9 Å². The number of hydrogen-bond donors (Lipinski definition) is 1. The highest BCUT2D eigenvalue weighted by atomic mass is 16.4. The second kappa shape index (κ2) is 5.79. The second-order valence-corrected chi connectivity index (χ2v) is 3.72. The summed E-state index contributed by atoms with van der Waals surface area (Å²) in [6, 6.07) is 0. The number of hydrogen-bond acceptors (Lipinski definition) is 1. The van der Waals surface area contributed by atoms with Crippen LogP contribution in [0.5, 0.6) is 0 Å². The van der Waals surface area contributed by atoms with Crippen LogP contribution in [0.2, 0.25) is 0 Å². The molecule has 0 heterocycles. The summed E-state index contributed by atoms with van der Waals surface area (Å²) in [4.78, 5) is 10.8. The molecule has 0 saturated carbocycles. The number of aliphatic carboxylic acids is 1. The van der Waals surface area contributed by atoms with E-state index >= 15 is 0 Å². The summed E-state index contributed by atoms with van der Waals surface area (Å²) in [5.74, 6) is -0.725. The van der Waals surface area contributed by atoms with Gasteiger partial charge in [-0.1, -0.05) is 25.0 Å². The van der Waals surface area contributed by atoms with Crippen LogP contribution in [-0.4, -0.2) is 11.1 Å². The van der Waals surface area contributed by atoms with E-state index in [1.165, 1.54) is 12.8 Å². The first-order valence-electron chi connectivity index (χ1n) is 5.18. The summed E-state index contributed by atoms with van der Waals surface area (Å²) >= 11 is 0. The van der Waals surface area contributed by atoms with E-state index in [1.807, 2.05) is 0 Å². The van der Waals surface area contributed by atoms with E-state index in [9.17, 15) is 4.79 Å². The Morgan fingerprint density at radius 1 is 1.08 bits per heavy atom. The molecule has 0 aromatic heterocycles. The van der Waals surface area contributed by atoms with Gasteiger partial charge in [-0.3, -0.25) is 4.79 Å². The van der Waals surface area contributed by atoms with E-state index in [4.69, 9.17) is 5.11 Å². The normalized spacial score (nSPS) is 27.8. The summed E-state index contributed by atoms with van der Waals surface area (Å²) in [6.07, 6.45) is 11.5. The summed E-state index contributed by atoms with van der Waals surface area (Å²) in [5, 5.41) is 8.89. The SMILES string of the molecule is O=C(O)C1CC/C=C/CCCCC1. The van der Waals surface area contributed by atoms with Crippen molar-refractivity contribution in [2.24, 2.45) is 5.92 Å². The average molecular weight is 182 g/mol. The van der Waals surface area contributed by atoms with Gasteiger partial charge >= 0.3 is 5.97 Å². The predicted octanol–water partition coefficient (Wildman–Crippen LogP) is 2.99. The summed E-state index contributed by atoms with van der Waals surface area (Å²) in [7, 11) is 0. The van der Waals surface area contributed by atoms with Gasteiger partial charge in [0.15, 0.2) is 0 Å². The van der Waals surface area contributed by atoms with Crippen molar-refractivity contribution in [2.75, 3.05) is 0 Å². The van der Waals surface area contributed by atoms with Crippen molar-refractivity contribution in [1.29, 1.82) is 0 Å². The topological polar surface area (TPSA) is 37.3 Å². The Labute approximate surface area is 79.6 Å². The van der Waals surface area contributed by atoms with Crippen LogP contribution in [0.15, 0.2) is 12.2 Å². The Morgan fingerprint density at radius 3 is 2.62 bits per heavy atom. The molecular weight excluding hydrogens is 164 g/mol. The molecule has 0 bridgehead atoms. The van der Waals surface area contributed by atoms with Crippen LogP contribution in [-0.2, 0) is 4.79 Å². The fourth-order valence-corrected chi connectivity index (χ4v) is 1.75. The highest BCUT2D eigenvalue weighted by molar-refractivity contribution is 5.69. The molecule has 0 amide bonds. The second-order valence-electron chi connectivity index (χ2n) is 3.72. The average Bonchev–Trinajstić information content (AvgIpc) is 2.14. The van der Waals surface area contributed by atoms with Crippen molar-refractivity contribution in [3.63, 3.8) is 0 Å². The van der Waals surface area contributed by atoms with E-state index in [0.29, 0.717) is 0 Å². The molecule has 0 fully saturated rings. The molecule has 0 spiro atoms. The third-order valence-electron chi connectivity index (χ3n) is 2.62. The smallest absolute Gasteiger partial charge is 0.306 e. The molecule has 1 aliphatic rings. The van der Waals surface area contributed by atoms with E-state index < -0.39 is 5.97 Å². The van der Waals surface area contributed by atoms with Gasteiger partial charge in [0.05, 0.1) is 5.92 Å². The van der Waals surface area contributed by atoms with Crippen molar-refractivity contribution < 1.29 is 9.90 Å². The molecule has 0 aliphatic heterocycles. The van der Waals surface area contributed by atoms with Crippen molar-refractivity contribution in [2.45, 2.75) is 44.9 Å². The lowest BCUT2D eigenvalue weighted by Gasteiger charge is -2.11. The number of allylic oxidation sites excluding steroid dienone is 2. The highest BCUT2D eigenvalue weighted by Crippen LogP contribution is 2.18. The lowest BCUT2D eigenvalue weighted by molar-refractivity contribution is -0.142. The zero-order valence-electron chi connectivity index (χ0n) is 8.04. The standard InChI is InChI=1S/C11H18O2/c12-11(13)10-8-6-4-2-1-3-5-7-9-10/h2,4,10H,1,3,5-9H2,(H,12,13)/b4-2+. The van der Waals surface area contributed by atoms with E-state index in [1.54, 1.807) is 0 Å². The van der Waals surface area contributed by atoms with Gasteiger partial charge in [-0.05, 0) is 32.1 Å². The number of rotatable bonds is 1. The molecule has 1 atom stereocenters. The zero-order valence-corrected chi connectivity index (χ0v) is 8.04. The van der Waals surface area contributed by atoms with Gasteiger partial charge in [0.2, 0.25) is 0 Å². The summed E-state index contributed by atoms with van der Waals surface area (Å²) in [5.41, 5.74) is 0. The van der Waals surface area contributed by atoms with E-state index in [0.717, 1.165) is 32.1 Å². The largest absolute Gasteiger partial charge is 0.481 e. The molecule has 1 unspecified atom stereocenters. The summed E-state index contributed by atoms with van der Waals surface area (Å²) < 4.78 is 0. The van der Waals surface area contributed by atoms with Gasteiger partial charge in [0.1, 0.15) is 0 Å². The lowest BCUT2D eigenvalue weighted by Crippen LogP contribution is -2.13. The van der Waals surface area contributed by atoms with Gasteiger partial charge in [0, 0.05) is 0 Å². The lowest BCUT2D eigenvalue weighted by atomic mass is 9.95. The molecule has 2 nitrogen and oxygen atoms in total. The minimum absolute atomic E-state index is 0.109. The Balaban J connectivity index is 2.40.